The molecule has 0 aliphatic carbocycles. The van der Waals surface area contributed by atoms with Crippen LogP contribution in [0.3, 0.4) is 0 Å². The monoisotopic (exact) mass is 488 g/mol. The van der Waals surface area contributed by atoms with Crippen molar-refractivity contribution in [1.29, 1.82) is 0 Å². The Labute approximate surface area is 199 Å². The van der Waals surface area contributed by atoms with Crippen LogP contribution in [0.4, 0.5) is 10.1 Å². The van der Waals surface area contributed by atoms with E-state index < -0.39 is 21.7 Å². The molecule has 0 atom stereocenters. The second-order valence-corrected chi connectivity index (χ2v) is 10.4. The van der Waals surface area contributed by atoms with Crippen molar-refractivity contribution in [2.45, 2.75) is 32.2 Å². The van der Waals surface area contributed by atoms with Crippen molar-refractivity contribution in [3.8, 4) is 0 Å². The molecule has 3 aromatic carbocycles. The first-order chi connectivity index (χ1) is 15.5. The number of sulfonamides is 1. The lowest BCUT2D eigenvalue weighted by Gasteiger charge is -2.26. The van der Waals surface area contributed by atoms with Gasteiger partial charge in [0.15, 0.2) is 0 Å². The summed E-state index contributed by atoms with van der Waals surface area (Å²) in [6.07, 6.45) is 0. The summed E-state index contributed by atoms with van der Waals surface area (Å²) in [7, 11) is -2.48. The van der Waals surface area contributed by atoms with E-state index in [0.717, 1.165) is 5.56 Å². The van der Waals surface area contributed by atoms with Gasteiger partial charge in [0, 0.05) is 24.3 Å². The molecule has 0 spiro atoms. The fourth-order valence-corrected chi connectivity index (χ4v) is 5.70. The second kappa shape index (κ2) is 10.0. The molecule has 0 fully saturated rings. The Morgan fingerprint density at radius 2 is 1.48 bits per heavy atom. The van der Waals surface area contributed by atoms with Gasteiger partial charge in [0.05, 0.1) is 11.4 Å². The molecule has 8 heteroatoms. The van der Waals surface area contributed by atoms with Crippen LogP contribution < -0.4 is 4.90 Å². The van der Waals surface area contributed by atoms with E-state index in [0.29, 0.717) is 27.4 Å². The molecule has 0 unspecified atom stereocenters. The van der Waals surface area contributed by atoms with Crippen molar-refractivity contribution in [3.63, 3.8) is 0 Å². The highest BCUT2D eigenvalue weighted by Crippen LogP contribution is 2.27. The summed E-state index contributed by atoms with van der Waals surface area (Å²) in [4.78, 5) is 14.6. The zero-order valence-corrected chi connectivity index (χ0v) is 20.5. The number of hydrogen-bond acceptors (Lipinski definition) is 3. The first-order valence-corrected chi connectivity index (χ1v) is 12.2. The number of carbonyl (C=O) groups is 1. The summed E-state index contributed by atoms with van der Waals surface area (Å²) >= 11 is 5.98. The summed E-state index contributed by atoms with van der Waals surface area (Å²) in [6.45, 7) is 5.02. The summed E-state index contributed by atoms with van der Waals surface area (Å²) in [5.41, 5.74) is 3.36. The molecule has 0 bridgehead atoms. The average Bonchev–Trinajstić information content (AvgIpc) is 2.73. The average molecular weight is 489 g/mol. The maximum absolute atomic E-state index is 13.8. The normalized spacial score (nSPS) is 11.6. The Bertz CT molecular complexity index is 1240. The Morgan fingerprint density at radius 3 is 2.03 bits per heavy atom. The van der Waals surface area contributed by atoms with Crippen LogP contribution in [-0.2, 0) is 21.4 Å². The molecule has 5 nitrogen and oxygen atoms in total. The minimum Gasteiger partial charge on any atom is -0.314 e. The van der Waals surface area contributed by atoms with Gasteiger partial charge >= 0.3 is 0 Å². The van der Waals surface area contributed by atoms with Gasteiger partial charge in [-0.25, -0.2) is 12.8 Å². The highest BCUT2D eigenvalue weighted by Gasteiger charge is 2.31. The number of carbonyl (C=O) groups excluding carboxylic acids is 1. The van der Waals surface area contributed by atoms with Crippen molar-refractivity contribution in [2.24, 2.45) is 0 Å². The van der Waals surface area contributed by atoms with Crippen LogP contribution in [0.5, 0.6) is 0 Å². The van der Waals surface area contributed by atoms with Crippen molar-refractivity contribution < 1.29 is 17.6 Å². The largest absolute Gasteiger partial charge is 0.314 e. The highest BCUT2D eigenvalue weighted by atomic mass is 35.5. The Hall–Kier alpha value is -2.74. The van der Waals surface area contributed by atoms with E-state index in [-0.39, 0.29) is 18.0 Å². The van der Waals surface area contributed by atoms with Crippen LogP contribution in [0.15, 0.2) is 65.6 Å². The molecule has 0 aliphatic heterocycles. The van der Waals surface area contributed by atoms with E-state index in [9.17, 15) is 17.6 Å². The number of halogens is 2. The molecule has 1 amide bonds. The number of benzene rings is 3. The van der Waals surface area contributed by atoms with Gasteiger partial charge in [-0.05, 0) is 73.9 Å². The van der Waals surface area contributed by atoms with Crippen LogP contribution in [0.25, 0.3) is 0 Å². The molecule has 0 aromatic heterocycles. The molecule has 0 saturated heterocycles. The van der Waals surface area contributed by atoms with E-state index in [1.807, 2.05) is 19.1 Å². The van der Waals surface area contributed by atoms with Crippen molar-refractivity contribution in [3.05, 3.63) is 93.8 Å². The van der Waals surface area contributed by atoms with Gasteiger partial charge in [-0.1, -0.05) is 41.4 Å². The maximum Gasteiger partial charge on any atom is 0.244 e. The van der Waals surface area contributed by atoms with Gasteiger partial charge in [-0.15, -0.1) is 0 Å². The van der Waals surface area contributed by atoms with Crippen LogP contribution >= 0.6 is 11.6 Å². The van der Waals surface area contributed by atoms with Crippen LogP contribution in [0.1, 0.15) is 22.3 Å². The number of likely N-dealkylation sites (N-methyl/N-ethyl adjacent to an activating group) is 1. The molecular formula is C25H26ClFN2O3S. The van der Waals surface area contributed by atoms with Crippen LogP contribution in [0.2, 0.25) is 5.02 Å². The van der Waals surface area contributed by atoms with Crippen LogP contribution in [-0.4, -0.2) is 32.2 Å². The third kappa shape index (κ3) is 5.79. The van der Waals surface area contributed by atoms with E-state index in [2.05, 4.69) is 0 Å². The zero-order chi connectivity index (χ0) is 24.3. The Balaban J connectivity index is 1.99. The van der Waals surface area contributed by atoms with E-state index in [1.54, 1.807) is 38.1 Å². The Kier molecular flexibility index (Phi) is 7.57. The summed E-state index contributed by atoms with van der Waals surface area (Å²) in [5, 5.41) is 0.533. The summed E-state index contributed by atoms with van der Waals surface area (Å²) < 4.78 is 42.0. The van der Waals surface area contributed by atoms with Gasteiger partial charge < -0.3 is 4.90 Å². The smallest absolute Gasteiger partial charge is 0.244 e. The fraction of sp³-hybridized carbons (Fsp3) is 0.240. The number of amides is 1. The molecule has 0 aliphatic rings. The lowest BCUT2D eigenvalue weighted by Crippen LogP contribution is -2.41. The van der Waals surface area contributed by atoms with Crippen molar-refractivity contribution in [1.82, 2.24) is 4.31 Å². The first kappa shape index (κ1) is 24.9. The van der Waals surface area contributed by atoms with Gasteiger partial charge in [0.1, 0.15) is 5.82 Å². The molecule has 33 heavy (non-hydrogen) atoms. The quantitative estimate of drug-likeness (QED) is 0.456. The summed E-state index contributed by atoms with van der Waals surface area (Å²) in [6, 6.07) is 15.9. The molecule has 3 rings (SSSR count). The molecule has 0 heterocycles. The van der Waals surface area contributed by atoms with E-state index in [4.69, 9.17) is 11.6 Å². The van der Waals surface area contributed by atoms with Crippen LogP contribution in [0, 0.1) is 26.6 Å². The second-order valence-electron chi connectivity index (χ2n) is 8.06. The molecule has 0 saturated carbocycles. The number of aryl methyl sites for hydroxylation is 3. The summed E-state index contributed by atoms with van der Waals surface area (Å²) in [5.74, 6) is -0.863. The predicted octanol–water partition coefficient (Wildman–Crippen LogP) is 5.26. The predicted molar refractivity (Wildman–Crippen MR) is 130 cm³/mol. The lowest BCUT2D eigenvalue weighted by molar-refractivity contribution is -0.118. The number of hydrogen-bond donors (Lipinski definition) is 0. The molecule has 0 N–H and O–H groups in total. The van der Waals surface area contributed by atoms with Gasteiger partial charge in [-0.2, -0.15) is 4.31 Å². The molecular weight excluding hydrogens is 463 g/mol. The number of rotatable bonds is 7. The minimum absolute atomic E-state index is 0.00471. The number of anilines is 1. The van der Waals surface area contributed by atoms with Gasteiger partial charge in [0.25, 0.3) is 0 Å². The standard InChI is InChI=1S/C25H26ClFN2O3S/c1-17-13-18(2)25(19(3)14-17)33(31,32)29(15-20-5-7-21(26)8-6-20)16-24(30)28(4)23-11-9-22(27)10-12-23/h5-14H,15-16H2,1-4H3. The van der Waals surface area contributed by atoms with E-state index >= 15 is 0 Å². The fourth-order valence-electron chi connectivity index (χ4n) is 3.79. The topological polar surface area (TPSA) is 57.7 Å². The third-order valence-corrected chi connectivity index (χ3v) is 7.72. The van der Waals surface area contributed by atoms with Gasteiger partial charge in [0.2, 0.25) is 15.9 Å². The maximum atomic E-state index is 13.8. The van der Waals surface area contributed by atoms with Crippen molar-refractivity contribution in [2.75, 3.05) is 18.5 Å². The number of nitrogens with zero attached hydrogens (tertiary/aromatic N) is 2. The SMILES string of the molecule is Cc1cc(C)c(S(=O)(=O)N(CC(=O)N(C)c2ccc(F)cc2)Cc2ccc(Cl)cc2)c(C)c1. The highest BCUT2D eigenvalue weighted by molar-refractivity contribution is 7.89. The lowest BCUT2D eigenvalue weighted by atomic mass is 10.1. The third-order valence-electron chi connectivity index (χ3n) is 5.37. The van der Waals surface area contributed by atoms with Gasteiger partial charge in [-0.3, -0.25) is 4.79 Å². The zero-order valence-electron chi connectivity index (χ0n) is 19.0. The minimum atomic E-state index is -4.01. The first-order valence-electron chi connectivity index (χ1n) is 10.3. The van der Waals surface area contributed by atoms with Crippen molar-refractivity contribution >= 4 is 33.2 Å². The molecule has 174 valence electrons. The Morgan fingerprint density at radius 1 is 0.939 bits per heavy atom. The van der Waals surface area contributed by atoms with E-state index in [1.165, 1.54) is 40.5 Å². The molecule has 3 aromatic rings. The molecule has 0 radical (unpaired) electrons.